The first-order chi connectivity index (χ1) is 11.2. The number of methoxy groups -OCH3 is 3. The second-order valence-electron chi connectivity index (χ2n) is 4.95. The van der Waals surface area contributed by atoms with E-state index in [2.05, 4.69) is 22.0 Å². The largest absolute Gasteiger partial charge is 0.492 e. The maximum absolute atomic E-state index is 9.20. The number of hydrogen-bond acceptors (Lipinski definition) is 4. The van der Waals surface area contributed by atoms with E-state index in [1.165, 1.54) is 0 Å². The maximum Gasteiger partial charge on any atom is 0.205 e. The first-order valence-corrected chi connectivity index (χ1v) is 7.69. The molecule has 3 aromatic rings. The number of benzene rings is 3. The molecule has 5 heteroatoms. The Morgan fingerprint density at radius 1 is 0.870 bits per heavy atom. The lowest BCUT2D eigenvalue weighted by atomic mass is 9.98. The number of nitriles is 1. The molecule has 0 aliphatic heterocycles. The summed E-state index contributed by atoms with van der Waals surface area (Å²) in [6.07, 6.45) is 0. The van der Waals surface area contributed by atoms with Crippen LogP contribution in [-0.2, 0) is 0 Å². The standard InChI is InChI=1S/C18H14BrNO3/c1-21-16-14-12(15(19)17(22-2)18(16)23-3)7-6-11-5-4-10(9-20)8-13(11)14/h4-8H,1-3H3. The third kappa shape index (κ3) is 2.27. The minimum absolute atomic E-state index is 0.518. The number of hydrogen-bond donors (Lipinski definition) is 0. The Kier molecular flexibility index (Phi) is 4.01. The third-order valence-corrected chi connectivity index (χ3v) is 4.63. The van der Waals surface area contributed by atoms with Gasteiger partial charge in [0.1, 0.15) is 0 Å². The summed E-state index contributed by atoms with van der Waals surface area (Å²) in [7, 11) is 4.75. The summed E-state index contributed by atoms with van der Waals surface area (Å²) in [5.74, 6) is 1.68. The molecule has 0 radical (unpaired) electrons. The second-order valence-corrected chi connectivity index (χ2v) is 5.74. The van der Waals surface area contributed by atoms with E-state index in [1.807, 2.05) is 24.3 Å². The van der Waals surface area contributed by atoms with Gasteiger partial charge >= 0.3 is 0 Å². The van der Waals surface area contributed by atoms with Crippen LogP contribution in [0.25, 0.3) is 21.5 Å². The van der Waals surface area contributed by atoms with Gasteiger partial charge in [0, 0.05) is 10.8 Å². The Morgan fingerprint density at radius 3 is 2.13 bits per heavy atom. The fourth-order valence-corrected chi connectivity index (χ4v) is 3.49. The molecule has 3 aromatic carbocycles. The molecule has 0 aliphatic carbocycles. The van der Waals surface area contributed by atoms with E-state index in [0.717, 1.165) is 26.0 Å². The number of ether oxygens (including phenoxy) is 3. The highest BCUT2D eigenvalue weighted by atomic mass is 79.9. The second kappa shape index (κ2) is 5.98. The normalized spacial score (nSPS) is 10.6. The van der Waals surface area contributed by atoms with E-state index in [9.17, 15) is 5.26 Å². The van der Waals surface area contributed by atoms with Crippen molar-refractivity contribution in [2.75, 3.05) is 21.3 Å². The molecule has 0 saturated heterocycles. The molecule has 116 valence electrons. The molecule has 0 aliphatic rings. The Bertz CT molecular complexity index is 960. The fourth-order valence-electron chi connectivity index (χ4n) is 2.82. The highest BCUT2D eigenvalue weighted by Gasteiger charge is 2.22. The molecule has 0 amide bonds. The predicted octanol–water partition coefficient (Wildman–Crippen LogP) is 4.65. The molecule has 4 nitrogen and oxygen atoms in total. The third-order valence-electron chi connectivity index (χ3n) is 3.84. The molecule has 0 spiro atoms. The van der Waals surface area contributed by atoms with Crippen molar-refractivity contribution in [1.29, 1.82) is 5.26 Å². The van der Waals surface area contributed by atoms with Gasteiger partial charge in [-0.25, -0.2) is 0 Å². The van der Waals surface area contributed by atoms with Crippen molar-refractivity contribution in [3.05, 3.63) is 40.4 Å². The Morgan fingerprint density at radius 2 is 1.52 bits per heavy atom. The number of halogens is 1. The number of nitrogens with zero attached hydrogens (tertiary/aromatic N) is 1. The Balaban J connectivity index is 2.60. The van der Waals surface area contributed by atoms with Crippen LogP contribution >= 0.6 is 15.9 Å². The smallest absolute Gasteiger partial charge is 0.205 e. The number of rotatable bonds is 3. The zero-order valence-electron chi connectivity index (χ0n) is 12.9. The van der Waals surface area contributed by atoms with Crippen LogP contribution in [0.5, 0.6) is 17.2 Å². The van der Waals surface area contributed by atoms with E-state index in [4.69, 9.17) is 14.2 Å². The molecule has 0 saturated carbocycles. The topological polar surface area (TPSA) is 51.5 Å². The van der Waals surface area contributed by atoms with Gasteiger partial charge in [-0.15, -0.1) is 0 Å². The molecule has 0 bridgehead atoms. The van der Waals surface area contributed by atoms with Gasteiger partial charge in [-0.2, -0.15) is 5.26 Å². The van der Waals surface area contributed by atoms with E-state index in [1.54, 1.807) is 27.4 Å². The monoisotopic (exact) mass is 371 g/mol. The van der Waals surface area contributed by atoms with Crippen LogP contribution in [-0.4, -0.2) is 21.3 Å². The van der Waals surface area contributed by atoms with Crippen molar-refractivity contribution in [1.82, 2.24) is 0 Å². The van der Waals surface area contributed by atoms with Gasteiger partial charge in [-0.05, 0) is 38.8 Å². The van der Waals surface area contributed by atoms with E-state index < -0.39 is 0 Å². The SMILES string of the molecule is COc1c(OC)c(OC)c2c(ccc3ccc(C#N)cc32)c1Br. The molecular formula is C18H14BrNO3. The van der Waals surface area contributed by atoms with Crippen LogP contribution in [0.15, 0.2) is 34.8 Å². The van der Waals surface area contributed by atoms with Crippen molar-refractivity contribution in [3.63, 3.8) is 0 Å². The van der Waals surface area contributed by atoms with Crippen LogP contribution in [0.4, 0.5) is 0 Å². The lowest BCUT2D eigenvalue weighted by Crippen LogP contribution is -1.98. The summed E-state index contributed by atoms with van der Waals surface area (Å²) in [5.41, 5.74) is 0.595. The summed E-state index contributed by atoms with van der Waals surface area (Å²) in [4.78, 5) is 0. The molecule has 0 N–H and O–H groups in total. The molecule has 3 rings (SSSR count). The van der Waals surface area contributed by atoms with E-state index in [0.29, 0.717) is 22.8 Å². The average Bonchev–Trinajstić information content (AvgIpc) is 2.60. The minimum atomic E-state index is 0.518. The van der Waals surface area contributed by atoms with Crippen LogP contribution in [0, 0.1) is 11.3 Å². The van der Waals surface area contributed by atoms with Gasteiger partial charge in [0.05, 0.1) is 37.4 Å². The van der Waals surface area contributed by atoms with E-state index >= 15 is 0 Å². The van der Waals surface area contributed by atoms with Gasteiger partial charge in [-0.3, -0.25) is 0 Å². The first kappa shape index (κ1) is 15.4. The highest BCUT2D eigenvalue weighted by Crippen LogP contribution is 2.50. The van der Waals surface area contributed by atoms with Crippen LogP contribution < -0.4 is 14.2 Å². The predicted molar refractivity (Wildman–Crippen MR) is 93.5 cm³/mol. The van der Waals surface area contributed by atoms with Crippen LogP contribution in [0.1, 0.15) is 5.56 Å². The zero-order chi connectivity index (χ0) is 16.6. The first-order valence-electron chi connectivity index (χ1n) is 6.90. The minimum Gasteiger partial charge on any atom is -0.492 e. The summed E-state index contributed by atoms with van der Waals surface area (Å²) >= 11 is 3.59. The Labute approximate surface area is 142 Å². The van der Waals surface area contributed by atoms with Crippen molar-refractivity contribution in [3.8, 4) is 23.3 Å². The highest BCUT2D eigenvalue weighted by molar-refractivity contribution is 9.10. The molecule has 0 fully saturated rings. The van der Waals surface area contributed by atoms with Crippen molar-refractivity contribution < 1.29 is 14.2 Å². The molecule has 0 atom stereocenters. The molecular weight excluding hydrogens is 358 g/mol. The molecule has 0 unspecified atom stereocenters. The Hall–Kier alpha value is -2.45. The van der Waals surface area contributed by atoms with Gasteiger partial charge in [0.25, 0.3) is 0 Å². The van der Waals surface area contributed by atoms with Gasteiger partial charge in [0.15, 0.2) is 11.5 Å². The van der Waals surface area contributed by atoms with Crippen molar-refractivity contribution in [2.24, 2.45) is 0 Å². The average molecular weight is 372 g/mol. The van der Waals surface area contributed by atoms with E-state index in [-0.39, 0.29) is 0 Å². The summed E-state index contributed by atoms with van der Waals surface area (Å²) < 4.78 is 17.4. The quantitative estimate of drug-likeness (QED) is 0.628. The summed E-state index contributed by atoms with van der Waals surface area (Å²) in [6, 6.07) is 11.8. The number of fused-ring (bicyclic) bond motifs is 3. The maximum atomic E-state index is 9.20. The van der Waals surface area contributed by atoms with Crippen molar-refractivity contribution >= 4 is 37.5 Å². The lowest BCUT2D eigenvalue weighted by Gasteiger charge is -2.18. The van der Waals surface area contributed by atoms with Crippen LogP contribution in [0.3, 0.4) is 0 Å². The van der Waals surface area contributed by atoms with Gasteiger partial charge < -0.3 is 14.2 Å². The van der Waals surface area contributed by atoms with Crippen molar-refractivity contribution in [2.45, 2.75) is 0 Å². The zero-order valence-corrected chi connectivity index (χ0v) is 14.5. The molecule has 0 heterocycles. The van der Waals surface area contributed by atoms with Gasteiger partial charge in [0.2, 0.25) is 5.75 Å². The molecule has 23 heavy (non-hydrogen) atoms. The summed E-state index contributed by atoms with van der Waals surface area (Å²) in [5, 5.41) is 13.0. The fraction of sp³-hybridized carbons (Fsp3) is 0.167. The molecule has 0 aromatic heterocycles. The van der Waals surface area contributed by atoms with Gasteiger partial charge in [-0.1, -0.05) is 18.2 Å². The summed E-state index contributed by atoms with van der Waals surface area (Å²) in [6.45, 7) is 0. The van der Waals surface area contributed by atoms with Crippen LogP contribution in [0.2, 0.25) is 0 Å². The lowest BCUT2D eigenvalue weighted by molar-refractivity contribution is 0.326.